The molecule has 1 aromatic heterocycles. The Kier molecular flexibility index (Phi) is 7.05. The lowest BCUT2D eigenvalue weighted by atomic mass is 10.2. The van der Waals surface area contributed by atoms with E-state index in [1.165, 1.54) is 11.3 Å². The second-order valence-electron chi connectivity index (χ2n) is 7.64. The van der Waals surface area contributed by atoms with Gasteiger partial charge in [-0.2, -0.15) is 0 Å². The Morgan fingerprint density at radius 1 is 0.969 bits per heavy atom. The van der Waals surface area contributed by atoms with Gasteiger partial charge in [-0.05, 0) is 69.5 Å². The number of anilines is 1. The van der Waals surface area contributed by atoms with Gasteiger partial charge in [0.15, 0.2) is 5.13 Å². The van der Waals surface area contributed by atoms with E-state index in [9.17, 15) is 4.79 Å². The zero-order valence-corrected chi connectivity index (χ0v) is 19.6. The Balaban J connectivity index is 1.63. The van der Waals surface area contributed by atoms with Crippen molar-refractivity contribution in [3.05, 3.63) is 83.4 Å². The Morgan fingerprint density at radius 3 is 2.47 bits per heavy atom. The van der Waals surface area contributed by atoms with Crippen molar-refractivity contribution in [2.75, 3.05) is 32.1 Å². The van der Waals surface area contributed by atoms with E-state index in [4.69, 9.17) is 21.3 Å². The maximum atomic E-state index is 13.6. The first kappa shape index (κ1) is 22.3. The molecule has 3 aromatic carbocycles. The van der Waals surface area contributed by atoms with Crippen molar-refractivity contribution >= 4 is 44.2 Å². The number of aromatic nitrogens is 1. The fourth-order valence-corrected chi connectivity index (χ4v) is 4.61. The number of carbonyl (C=O) groups is 1. The highest BCUT2D eigenvalue weighted by atomic mass is 35.5. The largest absolute Gasteiger partial charge is 0.457 e. The number of para-hydroxylation sites is 2. The van der Waals surface area contributed by atoms with Crippen LogP contribution in [0.4, 0.5) is 5.13 Å². The number of hydrogen-bond acceptors (Lipinski definition) is 5. The standard InChI is InChI=1S/C25H24ClN3O2S/c1-28(2)15-8-16-29(25-27-23-21(26)13-7-14-22(23)32-25)24(30)18-9-6-12-20(17-18)31-19-10-4-3-5-11-19/h3-7,9-14,17H,8,15-16H2,1-2H3. The monoisotopic (exact) mass is 465 g/mol. The molecule has 0 bridgehead atoms. The van der Waals surface area contributed by atoms with E-state index in [0.29, 0.717) is 28.0 Å². The van der Waals surface area contributed by atoms with Crippen LogP contribution in [-0.4, -0.2) is 43.0 Å². The van der Waals surface area contributed by atoms with Crippen molar-refractivity contribution in [2.24, 2.45) is 0 Å². The minimum atomic E-state index is -0.113. The van der Waals surface area contributed by atoms with Crippen LogP contribution in [0.25, 0.3) is 10.2 Å². The normalized spacial score (nSPS) is 11.1. The average Bonchev–Trinajstić information content (AvgIpc) is 3.22. The van der Waals surface area contributed by atoms with Crippen molar-refractivity contribution in [2.45, 2.75) is 6.42 Å². The molecule has 0 saturated heterocycles. The van der Waals surface area contributed by atoms with Gasteiger partial charge in [0.1, 0.15) is 17.0 Å². The predicted molar refractivity (Wildman–Crippen MR) is 132 cm³/mol. The Bertz CT molecular complexity index is 1210. The molecule has 0 saturated carbocycles. The van der Waals surface area contributed by atoms with Crippen LogP contribution in [0, 0.1) is 0 Å². The summed E-state index contributed by atoms with van der Waals surface area (Å²) < 4.78 is 6.88. The molecule has 0 spiro atoms. The Morgan fingerprint density at radius 2 is 1.72 bits per heavy atom. The van der Waals surface area contributed by atoms with Crippen LogP contribution in [0.2, 0.25) is 5.02 Å². The van der Waals surface area contributed by atoms with Crippen molar-refractivity contribution in [3.63, 3.8) is 0 Å². The summed E-state index contributed by atoms with van der Waals surface area (Å²) in [5.74, 6) is 1.22. The molecule has 0 aliphatic rings. The topological polar surface area (TPSA) is 45.7 Å². The third kappa shape index (κ3) is 5.27. The molecule has 0 aliphatic carbocycles. The Hall–Kier alpha value is -2.93. The van der Waals surface area contributed by atoms with E-state index in [-0.39, 0.29) is 5.91 Å². The number of ether oxygens (including phenoxy) is 1. The van der Waals surface area contributed by atoms with Gasteiger partial charge >= 0.3 is 0 Å². The predicted octanol–water partition coefficient (Wildman–Crippen LogP) is 6.34. The second-order valence-corrected chi connectivity index (χ2v) is 9.06. The molecule has 0 fully saturated rings. The van der Waals surface area contributed by atoms with Gasteiger partial charge in [-0.15, -0.1) is 0 Å². The number of rotatable bonds is 8. The van der Waals surface area contributed by atoms with Gasteiger partial charge in [0.25, 0.3) is 5.91 Å². The summed E-state index contributed by atoms with van der Waals surface area (Å²) in [4.78, 5) is 22.1. The highest BCUT2D eigenvalue weighted by molar-refractivity contribution is 7.22. The SMILES string of the molecule is CN(C)CCCN(C(=O)c1cccc(Oc2ccccc2)c1)c1nc2c(Cl)cccc2s1. The molecular weight excluding hydrogens is 442 g/mol. The molecule has 1 amide bonds. The van der Waals surface area contributed by atoms with Crippen LogP contribution in [0.5, 0.6) is 11.5 Å². The molecule has 0 unspecified atom stereocenters. The van der Waals surface area contributed by atoms with Crippen LogP contribution in [0.3, 0.4) is 0 Å². The maximum Gasteiger partial charge on any atom is 0.260 e. The van der Waals surface area contributed by atoms with Crippen LogP contribution in [-0.2, 0) is 0 Å². The number of halogens is 1. The van der Waals surface area contributed by atoms with Crippen molar-refractivity contribution < 1.29 is 9.53 Å². The summed E-state index contributed by atoms with van der Waals surface area (Å²) in [7, 11) is 4.04. The highest BCUT2D eigenvalue weighted by Crippen LogP contribution is 2.34. The summed E-state index contributed by atoms with van der Waals surface area (Å²) in [6.07, 6.45) is 0.822. The number of carbonyl (C=O) groups excluding carboxylic acids is 1. The molecule has 32 heavy (non-hydrogen) atoms. The van der Waals surface area contributed by atoms with Crippen LogP contribution in [0.15, 0.2) is 72.8 Å². The number of benzene rings is 3. The summed E-state index contributed by atoms with van der Waals surface area (Å²) in [5, 5.41) is 1.23. The van der Waals surface area contributed by atoms with E-state index in [1.54, 1.807) is 17.0 Å². The summed E-state index contributed by atoms with van der Waals surface area (Å²) in [5.41, 5.74) is 1.27. The van der Waals surface area contributed by atoms with Gasteiger partial charge in [-0.3, -0.25) is 9.69 Å². The first-order chi connectivity index (χ1) is 15.5. The van der Waals surface area contributed by atoms with Gasteiger partial charge in [0, 0.05) is 12.1 Å². The summed E-state index contributed by atoms with van der Waals surface area (Å²) in [6, 6.07) is 22.5. The van der Waals surface area contributed by atoms with Crippen molar-refractivity contribution in [1.82, 2.24) is 9.88 Å². The van der Waals surface area contributed by atoms with Crippen molar-refractivity contribution in [3.8, 4) is 11.5 Å². The number of fused-ring (bicyclic) bond motifs is 1. The number of nitrogens with zero attached hydrogens (tertiary/aromatic N) is 3. The maximum absolute atomic E-state index is 13.6. The van der Waals surface area contributed by atoms with Gasteiger partial charge in [-0.1, -0.05) is 53.3 Å². The first-order valence-electron chi connectivity index (χ1n) is 10.4. The lowest BCUT2D eigenvalue weighted by Gasteiger charge is -2.21. The molecule has 0 N–H and O–H groups in total. The zero-order chi connectivity index (χ0) is 22.5. The quantitative estimate of drug-likeness (QED) is 0.304. The van der Waals surface area contributed by atoms with E-state index >= 15 is 0 Å². The van der Waals surface area contributed by atoms with Gasteiger partial charge < -0.3 is 9.64 Å². The third-order valence-corrected chi connectivity index (χ3v) is 6.23. The first-order valence-corrected chi connectivity index (χ1v) is 11.6. The third-order valence-electron chi connectivity index (χ3n) is 4.88. The lowest BCUT2D eigenvalue weighted by molar-refractivity contribution is 0.0985. The molecule has 0 aliphatic heterocycles. The number of hydrogen-bond donors (Lipinski definition) is 0. The van der Waals surface area contributed by atoms with Gasteiger partial charge in [-0.25, -0.2) is 4.98 Å². The molecule has 7 heteroatoms. The smallest absolute Gasteiger partial charge is 0.260 e. The number of amides is 1. The molecule has 5 nitrogen and oxygen atoms in total. The van der Waals surface area contributed by atoms with Crippen LogP contribution < -0.4 is 9.64 Å². The number of thiazole rings is 1. The fraction of sp³-hybridized carbons (Fsp3) is 0.200. The van der Waals surface area contributed by atoms with Crippen LogP contribution in [0.1, 0.15) is 16.8 Å². The van der Waals surface area contributed by atoms with Gasteiger partial charge in [0.05, 0.1) is 9.72 Å². The van der Waals surface area contributed by atoms with E-state index in [2.05, 4.69) is 4.90 Å². The van der Waals surface area contributed by atoms with Gasteiger partial charge in [0.2, 0.25) is 0 Å². The minimum Gasteiger partial charge on any atom is -0.457 e. The van der Waals surface area contributed by atoms with Crippen molar-refractivity contribution in [1.29, 1.82) is 0 Å². The molecule has 0 radical (unpaired) electrons. The molecule has 1 heterocycles. The lowest BCUT2D eigenvalue weighted by Crippen LogP contribution is -2.33. The van der Waals surface area contributed by atoms with E-state index in [1.807, 2.05) is 74.8 Å². The zero-order valence-electron chi connectivity index (χ0n) is 18.0. The fourth-order valence-electron chi connectivity index (χ4n) is 3.32. The van der Waals surface area contributed by atoms with Crippen LogP contribution >= 0.6 is 22.9 Å². The van der Waals surface area contributed by atoms with E-state index < -0.39 is 0 Å². The highest BCUT2D eigenvalue weighted by Gasteiger charge is 2.22. The Labute approximate surface area is 196 Å². The summed E-state index contributed by atoms with van der Waals surface area (Å²) >= 11 is 7.81. The van der Waals surface area contributed by atoms with E-state index in [0.717, 1.165) is 28.9 Å². The molecule has 4 aromatic rings. The second kappa shape index (κ2) is 10.1. The molecule has 0 atom stereocenters. The molecule has 164 valence electrons. The molecular formula is C25H24ClN3O2S. The average molecular weight is 466 g/mol. The molecule has 4 rings (SSSR count). The summed E-state index contributed by atoms with van der Waals surface area (Å²) in [6.45, 7) is 1.42. The minimum absolute atomic E-state index is 0.113.